The van der Waals surface area contributed by atoms with Gasteiger partial charge >= 0.3 is 0 Å². The summed E-state index contributed by atoms with van der Waals surface area (Å²) in [5.74, 6) is 0. The summed E-state index contributed by atoms with van der Waals surface area (Å²) in [6.45, 7) is 5.45. The van der Waals surface area contributed by atoms with E-state index in [2.05, 4.69) is 0 Å². The van der Waals surface area contributed by atoms with Gasteiger partial charge in [-0.1, -0.05) is 23.3 Å². The number of hydrogen-bond donors (Lipinski definition) is 1. The molecule has 0 aliphatic heterocycles. The molecule has 0 aromatic rings. The van der Waals surface area contributed by atoms with Crippen LogP contribution >= 0.6 is 0 Å². The Morgan fingerprint density at radius 3 is 2.38 bits per heavy atom. The molecule has 1 unspecified atom stereocenters. The van der Waals surface area contributed by atoms with Gasteiger partial charge in [-0.3, -0.25) is 0 Å². The third-order valence-electron chi connectivity index (χ3n) is 2.29. The van der Waals surface area contributed by atoms with Crippen LogP contribution in [0.2, 0.25) is 0 Å². The Bertz CT molecular complexity index is 378. The van der Waals surface area contributed by atoms with Crippen molar-refractivity contribution in [2.24, 2.45) is 5.14 Å². The SMILES string of the molecule is CC1=CC(C)(S(N)(=O)=O)CC(C)=C1. The van der Waals surface area contributed by atoms with E-state index >= 15 is 0 Å². The van der Waals surface area contributed by atoms with Crippen LogP contribution in [0, 0.1) is 0 Å². The van der Waals surface area contributed by atoms with E-state index in [-0.39, 0.29) is 0 Å². The summed E-state index contributed by atoms with van der Waals surface area (Å²) >= 11 is 0. The highest BCUT2D eigenvalue weighted by atomic mass is 32.2. The number of hydrogen-bond acceptors (Lipinski definition) is 2. The predicted molar refractivity (Wildman–Crippen MR) is 53.6 cm³/mol. The molecule has 1 aliphatic rings. The van der Waals surface area contributed by atoms with Crippen LogP contribution in [-0.2, 0) is 10.0 Å². The topological polar surface area (TPSA) is 60.2 Å². The lowest BCUT2D eigenvalue weighted by atomic mass is 9.92. The molecule has 0 aromatic heterocycles. The lowest BCUT2D eigenvalue weighted by molar-refractivity contribution is 0.559. The van der Waals surface area contributed by atoms with Crippen LogP contribution in [0.1, 0.15) is 27.2 Å². The molecule has 0 saturated carbocycles. The zero-order chi connectivity index (χ0) is 10.3. The van der Waals surface area contributed by atoms with Crippen LogP contribution < -0.4 is 5.14 Å². The Morgan fingerprint density at radius 2 is 2.00 bits per heavy atom. The van der Waals surface area contributed by atoms with Crippen molar-refractivity contribution in [2.75, 3.05) is 0 Å². The van der Waals surface area contributed by atoms with E-state index < -0.39 is 14.8 Å². The maximum absolute atomic E-state index is 11.3. The number of primary sulfonamides is 1. The Labute approximate surface area is 79.4 Å². The fraction of sp³-hybridized carbons (Fsp3) is 0.556. The maximum Gasteiger partial charge on any atom is 0.218 e. The first-order valence-electron chi connectivity index (χ1n) is 4.13. The molecule has 13 heavy (non-hydrogen) atoms. The highest BCUT2D eigenvalue weighted by Gasteiger charge is 2.35. The number of nitrogens with two attached hydrogens (primary N) is 1. The van der Waals surface area contributed by atoms with Crippen molar-refractivity contribution in [3.8, 4) is 0 Å². The van der Waals surface area contributed by atoms with Crippen LogP contribution in [-0.4, -0.2) is 13.2 Å². The standard InChI is InChI=1S/C9H15NO2S/c1-7-4-8(2)6-9(3,5-7)13(10,11)12/h4-5H,6H2,1-3H3,(H2,10,11,12). The van der Waals surface area contributed by atoms with Gasteiger partial charge in [0.1, 0.15) is 4.75 Å². The molecule has 0 radical (unpaired) electrons. The summed E-state index contributed by atoms with van der Waals surface area (Å²) in [6.07, 6.45) is 4.19. The molecular weight excluding hydrogens is 186 g/mol. The monoisotopic (exact) mass is 201 g/mol. The first-order valence-corrected chi connectivity index (χ1v) is 5.68. The number of rotatable bonds is 1. The fourth-order valence-corrected chi connectivity index (χ4v) is 2.53. The van der Waals surface area contributed by atoms with Crippen molar-refractivity contribution in [2.45, 2.75) is 31.9 Å². The van der Waals surface area contributed by atoms with Crippen LogP contribution in [0.15, 0.2) is 23.3 Å². The van der Waals surface area contributed by atoms with Crippen molar-refractivity contribution < 1.29 is 8.42 Å². The van der Waals surface area contributed by atoms with Gasteiger partial charge in [0.2, 0.25) is 10.0 Å². The first-order chi connectivity index (χ1) is 5.74. The van der Waals surface area contributed by atoms with E-state index in [4.69, 9.17) is 5.14 Å². The maximum atomic E-state index is 11.3. The van der Waals surface area contributed by atoms with Crippen LogP contribution in [0.3, 0.4) is 0 Å². The third-order valence-corrected chi connectivity index (χ3v) is 3.85. The van der Waals surface area contributed by atoms with Gasteiger partial charge in [0.25, 0.3) is 0 Å². The van der Waals surface area contributed by atoms with Crippen molar-refractivity contribution in [1.82, 2.24) is 0 Å². The molecule has 1 rings (SSSR count). The minimum Gasteiger partial charge on any atom is -0.228 e. The molecule has 74 valence electrons. The minimum atomic E-state index is -3.51. The van der Waals surface area contributed by atoms with E-state index in [9.17, 15) is 8.42 Å². The second-order valence-corrected chi connectivity index (χ2v) is 5.94. The van der Waals surface area contributed by atoms with Crippen molar-refractivity contribution >= 4 is 10.0 Å². The quantitative estimate of drug-likeness (QED) is 0.695. The molecule has 0 aromatic carbocycles. The second-order valence-electron chi connectivity index (χ2n) is 3.91. The summed E-state index contributed by atoms with van der Waals surface area (Å²) in [4.78, 5) is 0. The van der Waals surface area contributed by atoms with E-state index in [1.165, 1.54) is 0 Å². The van der Waals surface area contributed by atoms with Crippen molar-refractivity contribution in [3.05, 3.63) is 23.3 Å². The molecule has 4 heteroatoms. The third kappa shape index (κ3) is 2.00. The van der Waals surface area contributed by atoms with Gasteiger partial charge in [0.15, 0.2) is 0 Å². The predicted octanol–water partition coefficient (Wildman–Crippen LogP) is 1.33. The normalized spacial score (nSPS) is 29.5. The van der Waals surface area contributed by atoms with Gasteiger partial charge in [0.05, 0.1) is 0 Å². The van der Waals surface area contributed by atoms with Gasteiger partial charge in [-0.25, -0.2) is 13.6 Å². The summed E-state index contributed by atoms with van der Waals surface area (Å²) < 4.78 is 21.7. The average Bonchev–Trinajstić information content (AvgIpc) is 1.79. The highest BCUT2D eigenvalue weighted by molar-refractivity contribution is 7.90. The second kappa shape index (κ2) is 2.96. The molecule has 1 aliphatic carbocycles. The lowest BCUT2D eigenvalue weighted by Gasteiger charge is -2.27. The molecule has 2 N–H and O–H groups in total. The molecule has 0 heterocycles. The van der Waals surface area contributed by atoms with E-state index in [0.29, 0.717) is 6.42 Å². The number of sulfonamides is 1. The van der Waals surface area contributed by atoms with Crippen molar-refractivity contribution in [3.63, 3.8) is 0 Å². The summed E-state index contributed by atoms with van der Waals surface area (Å²) in [5, 5.41) is 5.17. The smallest absolute Gasteiger partial charge is 0.218 e. The van der Waals surface area contributed by atoms with Gasteiger partial charge in [-0.05, 0) is 27.2 Å². The van der Waals surface area contributed by atoms with Crippen LogP contribution in [0.4, 0.5) is 0 Å². The molecule has 1 atom stereocenters. The highest BCUT2D eigenvalue weighted by Crippen LogP contribution is 2.31. The molecule has 0 fully saturated rings. The summed E-state index contributed by atoms with van der Waals surface area (Å²) in [5.41, 5.74) is 2.01. The fourth-order valence-electron chi connectivity index (χ4n) is 1.75. The average molecular weight is 201 g/mol. The van der Waals surface area contributed by atoms with Crippen LogP contribution in [0.5, 0.6) is 0 Å². The van der Waals surface area contributed by atoms with Crippen molar-refractivity contribution in [1.29, 1.82) is 0 Å². The summed E-state index contributed by atoms with van der Waals surface area (Å²) in [6, 6.07) is 0. The molecule has 0 bridgehead atoms. The van der Waals surface area contributed by atoms with Gasteiger partial charge in [-0.2, -0.15) is 0 Å². The molecular formula is C9H15NO2S. The van der Waals surface area contributed by atoms with Crippen LogP contribution in [0.25, 0.3) is 0 Å². The lowest BCUT2D eigenvalue weighted by Crippen LogP contribution is -2.40. The van der Waals surface area contributed by atoms with E-state index in [0.717, 1.165) is 11.1 Å². The molecule has 0 saturated heterocycles. The molecule has 0 amide bonds. The molecule has 0 spiro atoms. The van der Waals surface area contributed by atoms with Gasteiger partial charge in [0, 0.05) is 0 Å². The summed E-state index contributed by atoms with van der Waals surface area (Å²) in [7, 11) is -3.51. The first kappa shape index (κ1) is 10.5. The zero-order valence-corrected chi connectivity index (χ0v) is 8.98. The van der Waals surface area contributed by atoms with E-state index in [1.54, 1.807) is 13.0 Å². The Morgan fingerprint density at radius 1 is 1.46 bits per heavy atom. The van der Waals surface area contributed by atoms with Gasteiger partial charge in [-0.15, -0.1) is 0 Å². The van der Waals surface area contributed by atoms with Gasteiger partial charge < -0.3 is 0 Å². The Balaban J connectivity index is 3.19. The zero-order valence-electron chi connectivity index (χ0n) is 8.16. The Hall–Kier alpha value is -0.610. The molecule has 3 nitrogen and oxygen atoms in total. The largest absolute Gasteiger partial charge is 0.228 e. The Kier molecular flexibility index (Phi) is 2.38. The minimum absolute atomic E-state index is 0.489. The number of allylic oxidation sites excluding steroid dienone is 3. The van der Waals surface area contributed by atoms with E-state index in [1.807, 2.05) is 19.9 Å².